The fraction of sp³-hybridized carbons (Fsp3) is 0.455. The molecule has 3 aromatic heterocycles. The summed E-state index contributed by atoms with van der Waals surface area (Å²) < 4.78 is 44.3. The van der Waals surface area contributed by atoms with Crippen molar-refractivity contribution in [2.45, 2.75) is 70.4 Å². The Morgan fingerprint density at radius 2 is 1.71 bits per heavy atom. The molecule has 3 aliphatic heterocycles. The lowest BCUT2D eigenvalue weighted by atomic mass is 10.1. The second-order valence-electron chi connectivity index (χ2n) is 15.7. The van der Waals surface area contributed by atoms with E-state index in [1.165, 1.54) is 62.5 Å². The molecule has 2 fully saturated rings. The van der Waals surface area contributed by atoms with E-state index in [0.717, 1.165) is 19.3 Å². The van der Waals surface area contributed by atoms with Crippen molar-refractivity contribution in [1.82, 2.24) is 28.6 Å². The van der Waals surface area contributed by atoms with Crippen LogP contribution >= 0.6 is 0 Å². The SMILES string of the molecule is C=CCOC(=O)N1c2cc(OCCCC(=O)Nc3cn(C)c(C(=O)Nc4cc(C(=O)Oc5cn(C)c(C(=O)OCC)n5)n(C)c4)n3)c(OC)cc2C(=O)N2CCC[C@H]2C1OC1CCCCO1. The van der Waals surface area contributed by atoms with E-state index in [1.54, 1.807) is 39.0 Å². The van der Waals surface area contributed by atoms with Gasteiger partial charge in [0.05, 0.1) is 49.5 Å². The van der Waals surface area contributed by atoms with E-state index in [-0.39, 0.29) is 96.0 Å². The highest BCUT2D eigenvalue weighted by Gasteiger charge is 2.48. The van der Waals surface area contributed by atoms with E-state index in [0.29, 0.717) is 26.0 Å². The van der Waals surface area contributed by atoms with Crippen molar-refractivity contribution in [2.24, 2.45) is 21.1 Å². The number of hydrogen-bond donors (Lipinski definition) is 2. The molecule has 0 spiro atoms. The highest BCUT2D eigenvalue weighted by atomic mass is 16.7. The smallest absolute Gasteiger partial charge is 0.416 e. The predicted octanol–water partition coefficient (Wildman–Crippen LogP) is 4.56. The summed E-state index contributed by atoms with van der Waals surface area (Å²) in [6.45, 7) is 6.45. The van der Waals surface area contributed by atoms with Gasteiger partial charge in [0.2, 0.25) is 23.4 Å². The highest BCUT2D eigenvalue weighted by Crippen LogP contribution is 2.42. The number of hydrogen-bond acceptors (Lipinski definition) is 15. The van der Waals surface area contributed by atoms with Crippen molar-refractivity contribution in [3.63, 3.8) is 0 Å². The Kier molecular flexibility index (Phi) is 14.7. The van der Waals surface area contributed by atoms with Gasteiger partial charge in [-0.05, 0) is 57.6 Å². The number of esters is 2. The van der Waals surface area contributed by atoms with E-state index in [2.05, 4.69) is 27.2 Å². The van der Waals surface area contributed by atoms with Gasteiger partial charge in [0.15, 0.2) is 29.8 Å². The number of ether oxygens (including phenoxy) is 7. The van der Waals surface area contributed by atoms with Gasteiger partial charge in [-0.2, -0.15) is 4.98 Å². The van der Waals surface area contributed by atoms with Crippen LogP contribution in [0.25, 0.3) is 0 Å². The van der Waals surface area contributed by atoms with Crippen LogP contribution in [0.3, 0.4) is 0 Å². The molecule has 0 radical (unpaired) electrons. The van der Waals surface area contributed by atoms with Gasteiger partial charge in [0, 0.05) is 59.2 Å². The van der Waals surface area contributed by atoms with Crippen LogP contribution in [0.4, 0.5) is 22.0 Å². The minimum Gasteiger partial charge on any atom is -0.493 e. The molecule has 2 saturated heterocycles. The number of methoxy groups -OCH3 is 1. The van der Waals surface area contributed by atoms with Gasteiger partial charge >= 0.3 is 18.0 Å². The van der Waals surface area contributed by atoms with Crippen LogP contribution in [0, 0.1) is 0 Å². The second kappa shape index (κ2) is 20.7. The molecule has 4 amide bonds. The molecule has 352 valence electrons. The summed E-state index contributed by atoms with van der Waals surface area (Å²) in [5.74, 6) is -2.35. The first-order chi connectivity index (χ1) is 31.8. The van der Waals surface area contributed by atoms with Crippen molar-refractivity contribution in [3.05, 3.63) is 72.4 Å². The maximum atomic E-state index is 14.1. The normalized spacial score (nSPS) is 17.8. The number of nitrogens with zero attached hydrogens (tertiary/aromatic N) is 7. The standard InChI is InChI=1S/C44H53N9O13/c1-7-17-64-44(59)53-29-22-32(31(60-6)21-27(29)40(56)52-16-11-13-28(52)41(53)66-36-15-9-10-18-63-36)62-19-12-14-34(54)46-33-24-50(4)37(47-33)39(55)45-26-20-30(49(3)23-26)42(57)65-35-25-51(5)38(48-35)43(58)61-8-2/h7,20-25,28,36,41H,1,8-19H2,2-6H3,(H,45,55)(H,46,54)/t28-,36?,41?/m0/s1. The van der Waals surface area contributed by atoms with Crippen molar-refractivity contribution >= 4 is 52.9 Å². The first-order valence-corrected chi connectivity index (χ1v) is 21.5. The zero-order valence-electron chi connectivity index (χ0n) is 37.4. The van der Waals surface area contributed by atoms with Crippen molar-refractivity contribution < 1.29 is 61.9 Å². The summed E-state index contributed by atoms with van der Waals surface area (Å²) in [4.78, 5) is 90.8. The molecule has 22 nitrogen and oxygen atoms in total. The average Bonchev–Trinajstić information content (AvgIpc) is 4.09. The second-order valence-corrected chi connectivity index (χ2v) is 15.7. The summed E-state index contributed by atoms with van der Waals surface area (Å²) >= 11 is 0. The number of benzene rings is 1. The quantitative estimate of drug-likeness (QED) is 0.0839. The molecule has 66 heavy (non-hydrogen) atoms. The number of carbonyl (C=O) groups excluding carboxylic acids is 6. The van der Waals surface area contributed by atoms with Gasteiger partial charge in [0.25, 0.3) is 11.8 Å². The topological polar surface area (TPSA) is 238 Å². The lowest BCUT2D eigenvalue weighted by molar-refractivity contribution is -0.195. The first-order valence-electron chi connectivity index (χ1n) is 21.5. The lowest BCUT2D eigenvalue weighted by Crippen LogP contribution is -2.54. The maximum Gasteiger partial charge on any atom is 0.416 e. The molecule has 3 atom stereocenters. The van der Waals surface area contributed by atoms with Crippen LogP contribution in [0.15, 0.2) is 49.4 Å². The zero-order valence-corrected chi connectivity index (χ0v) is 37.4. The zero-order chi connectivity index (χ0) is 47.1. The molecule has 2 unspecified atom stereocenters. The van der Waals surface area contributed by atoms with Gasteiger partial charge in [-0.25, -0.2) is 24.3 Å². The van der Waals surface area contributed by atoms with Crippen LogP contribution in [-0.2, 0) is 44.9 Å². The number of aromatic nitrogens is 5. The maximum absolute atomic E-state index is 14.1. The van der Waals surface area contributed by atoms with Gasteiger partial charge in [-0.15, -0.1) is 0 Å². The molecule has 7 rings (SSSR count). The van der Waals surface area contributed by atoms with Gasteiger partial charge in [-0.3, -0.25) is 14.4 Å². The Bertz CT molecular complexity index is 2490. The summed E-state index contributed by atoms with van der Waals surface area (Å²) in [6, 6.07) is 4.03. The monoisotopic (exact) mass is 915 g/mol. The third-order valence-electron chi connectivity index (χ3n) is 11.0. The van der Waals surface area contributed by atoms with E-state index >= 15 is 0 Å². The number of anilines is 3. The van der Waals surface area contributed by atoms with Crippen LogP contribution in [0.1, 0.15) is 94.0 Å². The fourth-order valence-corrected chi connectivity index (χ4v) is 7.93. The molecule has 2 N–H and O–H groups in total. The predicted molar refractivity (Wildman–Crippen MR) is 234 cm³/mol. The molecule has 0 saturated carbocycles. The molecule has 4 aromatic rings. The van der Waals surface area contributed by atoms with Crippen LogP contribution in [-0.4, -0.2) is 123 Å². The van der Waals surface area contributed by atoms with Gasteiger partial charge in [0.1, 0.15) is 12.3 Å². The minimum atomic E-state index is -0.919. The van der Waals surface area contributed by atoms with Gasteiger partial charge in [-0.1, -0.05) is 12.7 Å². The summed E-state index contributed by atoms with van der Waals surface area (Å²) in [5, 5.41) is 5.39. The summed E-state index contributed by atoms with van der Waals surface area (Å²) in [5.41, 5.74) is 0.770. The number of rotatable bonds is 17. The Morgan fingerprint density at radius 1 is 0.909 bits per heavy atom. The Balaban J connectivity index is 0.971. The third kappa shape index (κ3) is 10.3. The largest absolute Gasteiger partial charge is 0.493 e. The van der Waals surface area contributed by atoms with Crippen LogP contribution in [0.5, 0.6) is 17.4 Å². The van der Waals surface area contributed by atoms with Crippen LogP contribution in [0.2, 0.25) is 0 Å². The number of carbonyl (C=O) groups is 6. The number of imidazole rings is 2. The van der Waals surface area contributed by atoms with E-state index in [9.17, 15) is 28.8 Å². The Morgan fingerprint density at radius 3 is 2.45 bits per heavy atom. The number of aryl methyl sites for hydroxylation is 3. The minimum absolute atomic E-state index is 0.00330. The molecule has 1 aromatic carbocycles. The van der Waals surface area contributed by atoms with Crippen molar-refractivity contribution in [2.75, 3.05) is 55.6 Å². The van der Waals surface area contributed by atoms with Gasteiger partial charge < -0.3 is 62.4 Å². The molecule has 0 aliphatic carbocycles. The van der Waals surface area contributed by atoms with Crippen molar-refractivity contribution in [1.29, 1.82) is 0 Å². The lowest BCUT2D eigenvalue weighted by Gasteiger charge is -2.38. The molecule has 0 bridgehead atoms. The molecular weight excluding hydrogens is 863 g/mol. The highest BCUT2D eigenvalue weighted by molar-refractivity contribution is 6.06. The third-order valence-corrected chi connectivity index (χ3v) is 11.0. The summed E-state index contributed by atoms with van der Waals surface area (Å²) in [7, 11) is 6.17. The average molecular weight is 916 g/mol. The Labute approximate surface area is 379 Å². The molecule has 3 aliphatic rings. The van der Waals surface area contributed by atoms with E-state index in [4.69, 9.17) is 33.2 Å². The van der Waals surface area contributed by atoms with Crippen molar-refractivity contribution in [3.8, 4) is 17.4 Å². The number of amides is 4. The number of fused-ring (bicyclic) bond motifs is 2. The van der Waals surface area contributed by atoms with Crippen LogP contribution < -0.4 is 29.7 Å². The molecular formula is C44H53N9O13. The Hall–Kier alpha value is -7.20. The van der Waals surface area contributed by atoms with E-state index < -0.39 is 48.4 Å². The number of nitrogens with one attached hydrogen (secondary N) is 2. The van der Waals surface area contributed by atoms with E-state index in [1.807, 2.05) is 0 Å². The molecule has 22 heteroatoms. The molecule has 6 heterocycles. The first kappa shape index (κ1) is 46.8. The summed E-state index contributed by atoms with van der Waals surface area (Å²) in [6.07, 6.45) is 7.57. The fourth-order valence-electron chi connectivity index (χ4n) is 7.93.